The molecule has 1 aliphatic heterocycles. The van der Waals surface area contributed by atoms with Crippen molar-refractivity contribution in [2.75, 3.05) is 18.4 Å². The summed E-state index contributed by atoms with van der Waals surface area (Å²) in [6.45, 7) is 4.43. The second kappa shape index (κ2) is 8.71. The van der Waals surface area contributed by atoms with Crippen molar-refractivity contribution >= 4 is 23.8 Å². The summed E-state index contributed by atoms with van der Waals surface area (Å²) in [6, 6.07) is 17.9. The van der Waals surface area contributed by atoms with Gasteiger partial charge in [0.1, 0.15) is 0 Å². The number of nitrogens with zero attached hydrogens (tertiary/aromatic N) is 3. The van der Waals surface area contributed by atoms with Gasteiger partial charge in [-0.3, -0.25) is 14.8 Å². The van der Waals surface area contributed by atoms with Crippen molar-refractivity contribution in [3.8, 4) is 11.4 Å². The molecule has 1 amide bonds. The van der Waals surface area contributed by atoms with Gasteiger partial charge in [0.2, 0.25) is 10.7 Å². The van der Waals surface area contributed by atoms with E-state index in [-0.39, 0.29) is 11.8 Å². The van der Waals surface area contributed by atoms with Crippen LogP contribution in [0.3, 0.4) is 0 Å². The van der Waals surface area contributed by atoms with Gasteiger partial charge in [0.05, 0.1) is 6.67 Å². The van der Waals surface area contributed by atoms with Crippen molar-refractivity contribution in [3.63, 3.8) is 0 Å². The highest BCUT2D eigenvalue weighted by atomic mass is 32.1. The van der Waals surface area contributed by atoms with Gasteiger partial charge in [-0.15, -0.1) is 0 Å². The fourth-order valence-electron chi connectivity index (χ4n) is 3.60. The fraction of sp³-hybridized carbons (Fsp3) is 0.318. The molecule has 1 saturated heterocycles. The normalized spacial score (nSPS) is 15.3. The van der Waals surface area contributed by atoms with E-state index in [9.17, 15) is 4.79 Å². The van der Waals surface area contributed by atoms with Gasteiger partial charge in [0, 0.05) is 30.3 Å². The monoisotopic (exact) mass is 407 g/mol. The van der Waals surface area contributed by atoms with E-state index in [1.807, 2.05) is 47.1 Å². The molecule has 0 atom stereocenters. The zero-order valence-electron chi connectivity index (χ0n) is 16.5. The Morgan fingerprint density at radius 1 is 1.14 bits per heavy atom. The summed E-state index contributed by atoms with van der Waals surface area (Å²) in [5.41, 5.74) is 3.09. The minimum absolute atomic E-state index is 0.0457. The number of aromatic nitrogens is 3. The summed E-state index contributed by atoms with van der Waals surface area (Å²) in [7, 11) is 0. The van der Waals surface area contributed by atoms with Crippen LogP contribution in [-0.2, 0) is 11.5 Å². The van der Waals surface area contributed by atoms with Gasteiger partial charge in [0.15, 0.2) is 5.82 Å². The van der Waals surface area contributed by atoms with Gasteiger partial charge in [0.25, 0.3) is 0 Å². The number of hydrogen-bond donors (Lipinski definition) is 2. The highest BCUT2D eigenvalue weighted by molar-refractivity contribution is 7.71. The molecule has 0 aliphatic carbocycles. The maximum atomic E-state index is 12.5. The second-order valence-electron chi connectivity index (χ2n) is 7.54. The first-order chi connectivity index (χ1) is 14.1. The number of H-pyrrole nitrogens is 1. The number of para-hydroxylation sites is 1. The summed E-state index contributed by atoms with van der Waals surface area (Å²) < 4.78 is 2.44. The fourth-order valence-corrected chi connectivity index (χ4v) is 3.79. The molecule has 2 heterocycles. The van der Waals surface area contributed by atoms with Crippen molar-refractivity contribution in [1.29, 1.82) is 0 Å². The molecular weight excluding hydrogens is 382 g/mol. The van der Waals surface area contributed by atoms with Gasteiger partial charge in [-0.1, -0.05) is 48.0 Å². The zero-order valence-corrected chi connectivity index (χ0v) is 17.3. The Balaban J connectivity index is 1.33. The van der Waals surface area contributed by atoms with Crippen LogP contribution in [0.2, 0.25) is 0 Å². The van der Waals surface area contributed by atoms with Crippen LogP contribution in [0.4, 0.5) is 5.69 Å². The minimum Gasteiger partial charge on any atom is -0.326 e. The van der Waals surface area contributed by atoms with Crippen LogP contribution in [0, 0.1) is 17.6 Å². The molecule has 4 rings (SSSR count). The van der Waals surface area contributed by atoms with Crippen LogP contribution in [0.5, 0.6) is 0 Å². The zero-order chi connectivity index (χ0) is 20.2. The molecule has 0 radical (unpaired) electrons. The minimum atomic E-state index is 0.0457. The summed E-state index contributed by atoms with van der Waals surface area (Å²) in [5, 5.41) is 6.33. The summed E-state index contributed by atoms with van der Waals surface area (Å²) in [6.07, 6.45) is 1.68. The van der Waals surface area contributed by atoms with Crippen LogP contribution in [0.15, 0.2) is 54.6 Å². The molecule has 0 spiro atoms. The summed E-state index contributed by atoms with van der Waals surface area (Å²) >= 11 is 5.43. The molecule has 2 N–H and O–H groups in total. The number of nitrogens with one attached hydrogen (secondary N) is 2. The smallest absolute Gasteiger partial charge is 0.227 e. The molecular formula is C22H25N5OS. The number of anilines is 1. The molecule has 29 heavy (non-hydrogen) atoms. The number of carbonyl (C=O) groups excluding carboxylic acids is 1. The van der Waals surface area contributed by atoms with E-state index in [2.05, 4.69) is 39.4 Å². The van der Waals surface area contributed by atoms with Gasteiger partial charge in [-0.05, 0) is 44.1 Å². The average molecular weight is 408 g/mol. The van der Waals surface area contributed by atoms with E-state index in [1.54, 1.807) is 0 Å². The van der Waals surface area contributed by atoms with Crippen LogP contribution in [0.25, 0.3) is 11.4 Å². The lowest BCUT2D eigenvalue weighted by atomic mass is 9.96. The lowest BCUT2D eigenvalue weighted by Gasteiger charge is -2.31. The number of likely N-dealkylation sites (tertiary alicyclic amines) is 1. The largest absolute Gasteiger partial charge is 0.326 e. The standard InChI is InChI=1S/C22H25N5OS/c1-16-7-9-17(10-8-16)20-24-22(29)27(25-20)15-26-13-11-18(12-14-26)21(28)23-19-5-3-2-4-6-19/h2-10,18H,11-15H2,1H3,(H,23,28)(H,24,25,29). The maximum absolute atomic E-state index is 12.5. The van der Waals surface area contributed by atoms with E-state index in [4.69, 9.17) is 12.2 Å². The van der Waals surface area contributed by atoms with E-state index in [0.29, 0.717) is 11.4 Å². The Labute approximate surface area is 175 Å². The van der Waals surface area contributed by atoms with E-state index >= 15 is 0 Å². The summed E-state index contributed by atoms with van der Waals surface area (Å²) in [5.74, 6) is 0.937. The van der Waals surface area contributed by atoms with Crippen molar-refractivity contribution in [2.24, 2.45) is 5.92 Å². The van der Waals surface area contributed by atoms with Crippen molar-refractivity contribution in [2.45, 2.75) is 26.4 Å². The molecule has 0 bridgehead atoms. The molecule has 1 aromatic heterocycles. The van der Waals surface area contributed by atoms with Crippen molar-refractivity contribution in [3.05, 3.63) is 64.9 Å². The third-order valence-corrected chi connectivity index (χ3v) is 5.66. The number of amides is 1. The lowest BCUT2D eigenvalue weighted by molar-refractivity contribution is -0.121. The average Bonchev–Trinajstić information content (AvgIpc) is 3.10. The third-order valence-electron chi connectivity index (χ3n) is 5.35. The van der Waals surface area contributed by atoms with Crippen LogP contribution >= 0.6 is 12.2 Å². The number of hydrogen-bond acceptors (Lipinski definition) is 4. The van der Waals surface area contributed by atoms with Crippen LogP contribution < -0.4 is 5.32 Å². The van der Waals surface area contributed by atoms with Crippen LogP contribution in [-0.4, -0.2) is 38.7 Å². The van der Waals surface area contributed by atoms with Crippen molar-refractivity contribution in [1.82, 2.24) is 19.7 Å². The Kier molecular flexibility index (Phi) is 5.87. The molecule has 1 aliphatic rings. The SMILES string of the molecule is Cc1ccc(-c2nc(=S)n(CN3CCC(C(=O)Nc4ccccc4)CC3)[nH]2)cc1. The Hall–Kier alpha value is -2.77. The van der Waals surface area contributed by atoms with E-state index in [0.717, 1.165) is 43.0 Å². The first-order valence-electron chi connectivity index (χ1n) is 9.90. The quantitative estimate of drug-likeness (QED) is 0.622. The second-order valence-corrected chi connectivity index (χ2v) is 7.90. The lowest BCUT2D eigenvalue weighted by Crippen LogP contribution is -2.39. The van der Waals surface area contributed by atoms with Gasteiger partial charge in [-0.25, -0.2) is 4.68 Å². The highest BCUT2D eigenvalue weighted by Gasteiger charge is 2.25. The molecule has 150 valence electrons. The number of aromatic amines is 1. The number of rotatable bonds is 5. The number of carbonyl (C=O) groups is 1. The van der Waals surface area contributed by atoms with Gasteiger partial charge >= 0.3 is 0 Å². The number of benzene rings is 2. The molecule has 6 nitrogen and oxygen atoms in total. The molecule has 3 aromatic rings. The van der Waals surface area contributed by atoms with Crippen molar-refractivity contribution < 1.29 is 4.79 Å². The van der Waals surface area contributed by atoms with Gasteiger partial charge < -0.3 is 5.32 Å². The molecule has 2 aromatic carbocycles. The number of aryl methyl sites for hydroxylation is 1. The molecule has 7 heteroatoms. The first-order valence-corrected chi connectivity index (χ1v) is 10.3. The highest BCUT2D eigenvalue weighted by Crippen LogP contribution is 2.21. The Morgan fingerprint density at radius 3 is 2.52 bits per heavy atom. The van der Waals surface area contributed by atoms with Gasteiger partial charge in [-0.2, -0.15) is 4.98 Å². The third kappa shape index (κ3) is 4.81. The predicted octanol–water partition coefficient (Wildman–Crippen LogP) is 4.22. The predicted molar refractivity (Wildman–Crippen MR) is 117 cm³/mol. The Morgan fingerprint density at radius 2 is 1.83 bits per heavy atom. The topological polar surface area (TPSA) is 66.0 Å². The molecule has 0 unspecified atom stereocenters. The maximum Gasteiger partial charge on any atom is 0.227 e. The summed E-state index contributed by atoms with van der Waals surface area (Å²) in [4.78, 5) is 19.3. The molecule has 1 fully saturated rings. The number of piperidine rings is 1. The Bertz CT molecular complexity index is 1020. The van der Waals surface area contributed by atoms with E-state index in [1.165, 1.54) is 5.56 Å². The molecule has 0 saturated carbocycles. The first kappa shape index (κ1) is 19.5. The van der Waals surface area contributed by atoms with E-state index < -0.39 is 0 Å². The van der Waals surface area contributed by atoms with Crippen LogP contribution in [0.1, 0.15) is 18.4 Å².